The van der Waals surface area contributed by atoms with Crippen LogP contribution in [0.1, 0.15) is 21.7 Å². The standard InChI is InChI=1S/C19H17ClN2O5S/c20-16-10-17(22-11-14-7-4-8-26-14)15(9-18(16)28(21,24)25)19(23)27-12-13-5-2-1-3-6-13/h1-10,22H,11-12H2,(H2,21,24,25). The van der Waals surface area contributed by atoms with E-state index in [0.717, 1.165) is 11.6 Å². The van der Waals surface area contributed by atoms with Gasteiger partial charge in [-0.05, 0) is 29.8 Å². The average molecular weight is 421 g/mol. The number of rotatable bonds is 7. The van der Waals surface area contributed by atoms with Crippen LogP contribution in [0.5, 0.6) is 0 Å². The van der Waals surface area contributed by atoms with E-state index in [4.69, 9.17) is 25.9 Å². The van der Waals surface area contributed by atoms with E-state index < -0.39 is 16.0 Å². The number of halogens is 1. The highest BCUT2D eigenvalue weighted by Crippen LogP contribution is 2.29. The van der Waals surface area contributed by atoms with Gasteiger partial charge >= 0.3 is 5.97 Å². The molecule has 3 N–H and O–H groups in total. The number of primary sulfonamides is 1. The quantitative estimate of drug-likeness (QED) is 0.565. The number of carbonyl (C=O) groups is 1. The Hall–Kier alpha value is -2.81. The molecule has 28 heavy (non-hydrogen) atoms. The summed E-state index contributed by atoms with van der Waals surface area (Å²) in [6.07, 6.45) is 1.52. The molecule has 0 aliphatic rings. The summed E-state index contributed by atoms with van der Waals surface area (Å²) in [4.78, 5) is 12.3. The molecule has 0 radical (unpaired) electrons. The summed E-state index contributed by atoms with van der Waals surface area (Å²) in [5.74, 6) is -0.0948. The maximum absolute atomic E-state index is 12.6. The first-order chi connectivity index (χ1) is 13.3. The minimum Gasteiger partial charge on any atom is -0.467 e. The van der Waals surface area contributed by atoms with E-state index in [1.165, 1.54) is 12.3 Å². The molecule has 0 spiro atoms. The van der Waals surface area contributed by atoms with Crippen LogP contribution in [0.3, 0.4) is 0 Å². The zero-order valence-electron chi connectivity index (χ0n) is 14.6. The van der Waals surface area contributed by atoms with Crippen molar-refractivity contribution in [3.8, 4) is 0 Å². The molecule has 0 aliphatic heterocycles. The number of hydrogen-bond acceptors (Lipinski definition) is 6. The van der Waals surface area contributed by atoms with E-state index in [2.05, 4.69) is 5.32 Å². The van der Waals surface area contributed by atoms with E-state index in [0.29, 0.717) is 11.4 Å². The van der Waals surface area contributed by atoms with Crippen molar-refractivity contribution >= 4 is 33.3 Å². The molecule has 1 aromatic heterocycles. The van der Waals surface area contributed by atoms with Gasteiger partial charge in [-0.2, -0.15) is 0 Å². The maximum Gasteiger partial charge on any atom is 0.340 e. The molecule has 0 bridgehead atoms. The predicted molar refractivity (Wildman–Crippen MR) is 104 cm³/mol. The van der Waals surface area contributed by atoms with Crippen molar-refractivity contribution in [2.75, 3.05) is 5.32 Å². The Balaban J connectivity index is 1.89. The summed E-state index contributed by atoms with van der Waals surface area (Å²) in [6.45, 7) is 0.293. The topological polar surface area (TPSA) is 112 Å². The second-order valence-electron chi connectivity index (χ2n) is 5.87. The van der Waals surface area contributed by atoms with Crippen LogP contribution in [0.2, 0.25) is 5.02 Å². The van der Waals surface area contributed by atoms with E-state index in [1.54, 1.807) is 24.3 Å². The number of ether oxygens (including phenoxy) is 1. The Bertz CT molecular complexity index is 1070. The molecule has 3 rings (SSSR count). The van der Waals surface area contributed by atoms with Crippen molar-refractivity contribution in [1.29, 1.82) is 0 Å². The molecule has 0 saturated heterocycles. The molecule has 3 aromatic rings. The van der Waals surface area contributed by atoms with Crippen molar-refractivity contribution in [3.63, 3.8) is 0 Å². The van der Waals surface area contributed by atoms with Crippen molar-refractivity contribution in [2.45, 2.75) is 18.0 Å². The van der Waals surface area contributed by atoms with Crippen LogP contribution < -0.4 is 10.5 Å². The molecule has 146 valence electrons. The molecule has 1 heterocycles. The fourth-order valence-electron chi connectivity index (χ4n) is 2.48. The number of esters is 1. The van der Waals surface area contributed by atoms with Gasteiger partial charge in [-0.1, -0.05) is 41.9 Å². The number of sulfonamides is 1. The summed E-state index contributed by atoms with van der Waals surface area (Å²) in [5.41, 5.74) is 1.09. The Kier molecular flexibility index (Phi) is 6.03. The summed E-state index contributed by atoms with van der Waals surface area (Å²) >= 11 is 6.05. The van der Waals surface area contributed by atoms with Crippen molar-refractivity contribution in [1.82, 2.24) is 0 Å². The monoisotopic (exact) mass is 420 g/mol. The molecular weight excluding hydrogens is 404 g/mol. The Morgan fingerprint density at radius 1 is 1.14 bits per heavy atom. The highest BCUT2D eigenvalue weighted by molar-refractivity contribution is 7.89. The van der Waals surface area contributed by atoms with Crippen LogP contribution in [0.4, 0.5) is 5.69 Å². The molecule has 7 nitrogen and oxygen atoms in total. The Labute approximate surface area is 167 Å². The minimum absolute atomic E-state index is 0.00378. The van der Waals surface area contributed by atoms with Gasteiger partial charge in [-0.15, -0.1) is 0 Å². The minimum atomic E-state index is -4.12. The molecular formula is C19H17ClN2O5S. The zero-order valence-corrected chi connectivity index (χ0v) is 16.2. The van der Waals surface area contributed by atoms with Gasteiger partial charge in [0.1, 0.15) is 17.3 Å². The van der Waals surface area contributed by atoms with Gasteiger partial charge in [0.15, 0.2) is 0 Å². The summed E-state index contributed by atoms with van der Waals surface area (Å²) < 4.78 is 34.1. The molecule has 0 unspecified atom stereocenters. The lowest BCUT2D eigenvalue weighted by atomic mass is 10.1. The molecule has 0 saturated carbocycles. The van der Waals surface area contributed by atoms with Crippen LogP contribution in [-0.4, -0.2) is 14.4 Å². The molecule has 9 heteroatoms. The van der Waals surface area contributed by atoms with Gasteiger partial charge in [0.2, 0.25) is 10.0 Å². The van der Waals surface area contributed by atoms with Crippen LogP contribution in [0, 0.1) is 0 Å². The van der Waals surface area contributed by atoms with E-state index in [9.17, 15) is 13.2 Å². The van der Waals surface area contributed by atoms with Gasteiger partial charge in [-0.25, -0.2) is 18.4 Å². The summed E-state index contributed by atoms with van der Waals surface area (Å²) in [5, 5.41) is 8.09. The first kappa shape index (κ1) is 19.9. The smallest absolute Gasteiger partial charge is 0.340 e. The molecule has 2 aromatic carbocycles. The highest BCUT2D eigenvalue weighted by atomic mass is 35.5. The number of hydrogen-bond donors (Lipinski definition) is 2. The fourth-order valence-corrected chi connectivity index (χ4v) is 3.58. The number of carbonyl (C=O) groups excluding carboxylic acids is 1. The average Bonchev–Trinajstić information content (AvgIpc) is 3.18. The van der Waals surface area contributed by atoms with Crippen molar-refractivity contribution < 1.29 is 22.4 Å². The van der Waals surface area contributed by atoms with E-state index >= 15 is 0 Å². The third-order valence-corrected chi connectivity index (χ3v) is 5.22. The lowest BCUT2D eigenvalue weighted by molar-refractivity contribution is 0.0473. The molecule has 0 atom stereocenters. The van der Waals surface area contributed by atoms with Gasteiger partial charge in [0.25, 0.3) is 0 Å². The van der Waals surface area contributed by atoms with Gasteiger partial charge in [0, 0.05) is 0 Å². The third-order valence-electron chi connectivity index (χ3n) is 3.84. The fraction of sp³-hybridized carbons (Fsp3) is 0.105. The first-order valence-electron chi connectivity index (χ1n) is 8.18. The first-order valence-corrected chi connectivity index (χ1v) is 10.1. The van der Waals surface area contributed by atoms with Crippen LogP contribution in [-0.2, 0) is 27.9 Å². The number of benzene rings is 2. The van der Waals surface area contributed by atoms with E-state index in [-0.39, 0.29) is 28.6 Å². The number of nitrogens with one attached hydrogen (secondary N) is 1. The Morgan fingerprint density at radius 2 is 1.89 bits per heavy atom. The SMILES string of the molecule is NS(=O)(=O)c1cc(C(=O)OCc2ccccc2)c(NCc2ccco2)cc1Cl. The van der Waals surface area contributed by atoms with Crippen molar-refractivity contribution in [3.05, 3.63) is 82.8 Å². The Morgan fingerprint density at radius 3 is 2.54 bits per heavy atom. The van der Waals surface area contributed by atoms with Gasteiger partial charge in [0.05, 0.1) is 29.1 Å². The second-order valence-corrected chi connectivity index (χ2v) is 7.80. The maximum atomic E-state index is 12.6. The number of nitrogens with two attached hydrogens (primary N) is 1. The van der Waals surface area contributed by atoms with E-state index in [1.807, 2.05) is 18.2 Å². The summed E-state index contributed by atoms with van der Waals surface area (Å²) in [7, 11) is -4.12. The summed E-state index contributed by atoms with van der Waals surface area (Å²) in [6, 6.07) is 15.0. The van der Waals surface area contributed by atoms with Gasteiger partial charge < -0.3 is 14.5 Å². The van der Waals surface area contributed by atoms with Crippen molar-refractivity contribution in [2.24, 2.45) is 5.14 Å². The van der Waals surface area contributed by atoms with Crippen LogP contribution >= 0.6 is 11.6 Å². The zero-order chi connectivity index (χ0) is 20.1. The lowest BCUT2D eigenvalue weighted by Gasteiger charge is -2.14. The second kappa shape index (κ2) is 8.47. The van der Waals surface area contributed by atoms with Gasteiger partial charge in [-0.3, -0.25) is 0 Å². The normalized spacial score (nSPS) is 11.2. The highest BCUT2D eigenvalue weighted by Gasteiger charge is 2.21. The number of furan rings is 1. The predicted octanol–water partition coefficient (Wildman–Crippen LogP) is 3.55. The molecule has 0 fully saturated rings. The molecule has 0 aliphatic carbocycles. The lowest BCUT2D eigenvalue weighted by Crippen LogP contribution is -2.16. The van der Waals surface area contributed by atoms with Crippen LogP contribution in [0.25, 0.3) is 0 Å². The van der Waals surface area contributed by atoms with Crippen LogP contribution in [0.15, 0.2) is 70.2 Å². The number of anilines is 1. The largest absolute Gasteiger partial charge is 0.467 e. The molecule has 0 amide bonds. The third kappa shape index (κ3) is 4.92.